The first-order valence-corrected chi connectivity index (χ1v) is 7.78. The molecule has 5 nitrogen and oxygen atoms in total. The summed E-state index contributed by atoms with van der Waals surface area (Å²) in [4.78, 5) is 19.5. The van der Waals surface area contributed by atoms with Gasteiger partial charge in [0.25, 0.3) is 0 Å². The molecule has 1 aromatic heterocycles. The molecule has 26 heavy (non-hydrogen) atoms. The number of benzene rings is 1. The fraction of sp³-hybridized carbons (Fsp3) is 0.105. The molecule has 0 radical (unpaired) electrons. The number of nitrogens with one attached hydrogen (secondary N) is 1. The lowest BCUT2D eigenvalue weighted by Crippen LogP contribution is -2.29. The lowest BCUT2D eigenvalue weighted by atomic mass is 10.0. The fourth-order valence-corrected chi connectivity index (χ4v) is 2.53. The Morgan fingerprint density at radius 2 is 2.04 bits per heavy atom. The fourth-order valence-electron chi connectivity index (χ4n) is 2.53. The Morgan fingerprint density at radius 3 is 2.73 bits per heavy atom. The number of pyridine rings is 1. The van der Waals surface area contributed by atoms with Gasteiger partial charge in [-0.15, -0.1) is 0 Å². The molecule has 1 saturated heterocycles. The van der Waals surface area contributed by atoms with Gasteiger partial charge in [-0.05, 0) is 29.8 Å². The second-order valence-corrected chi connectivity index (χ2v) is 5.48. The van der Waals surface area contributed by atoms with Crippen LogP contribution in [0, 0.1) is 11.8 Å². The summed E-state index contributed by atoms with van der Waals surface area (Å²) < 4.78 is 31.7. The number of aliphatic imine (C=N–C) groups is 1. The van der Waals surface area contributed by atoms with Crippen LogP contribution in [0.3, 0.4) is 0 Å². The number of carbonyl (C=O) groups excluding carboxylic acids is 1. The van der Waals surface area contributed by atoms with Crippen molar-refractivity contribution >= 4 is 18.0 Å². The zero-order valence-electron chi connectivity index (χ0n) is 13.6. The van der Waals surface area contributed by atoms with E-state index in [9.17, 15) is 13.6 Å². The molecule has 0 spiro atoms. The summed E-state index contributed by atoms with van der Waals surface area (Å²) in [5.41, 5.74) is 1.59. The number of nitrogens with zero attached hydrogens (tertiary/aromatic N) is 2. The normalized spacial score (nSPS) is 20.1. The Labute approximate surface area is 148 Å². The smallest absolute Gasteiger partial charge is 0.408 e. The van der Waals surface area contributed by atoms with Crippen molar-refractivity contribution in [2.45, 2.75) is 12.1 Å². The van der Waals surface area contributed by atoms with E-state index in [1.165, 1.54) is 36.7 Å². The third-order valence-corrected chi connectivity index (χ3v) is 3.72. The van der Waals surface area contributed by atoms with Gasteiger partial charge in [-0.2, -0.15) is 4.39 Å². The van der Waals surface area contributed by atoms with E-state index in [1.54, 1.807) is 24.3 Å². The Balaban J connectivity index is 1.86. The summed E-state index contributed by atoms with van der Waals surface area (Å²) in [7, 11) is 0. The van der Waals surface area contributed by atoms with Crippen LogP contribution in [0.1, 0.15) is 17.2 Å². The molecule has 2 atom stereocenters. The summed E-state index contributed by atoms with van der Waals surface area (Å²) in [6.07, 6.45) is 4.71. The average Bonchev–Trinajstić information content (AvgIpc) is 3.00. The van der Waals surface area contributed by atoms with E-state index in [-0.39, 0.29) is 5.82 Å². The number of carbonyl (C=O) groups is 1. The minimum Gasteiger partial charge on any atom is -0.439 e. The van der Waals surface area contributed by atoms with E-state index >= 15 is 0 Å². The Kier molecular flexibility index (Phi) is 5.17. The number of alkyl carbamates (subject to hydrolysis) is 1. The first kappa shape index (κ1) is 17.5. The maximum Gasteiger partial charge on any atom is 0.408 e. The molecule has 0 bridgehead atoms. The molecule has 0 unspecified atom stereocenters. The molecule has 7 heteroatoms. The molecule has 1 aliphatic heterocycles. The molecule has 0 aliphatic carbocycles. The number of aromatic nitrogens is 1. The van der Waals surface area contributed by atoms with Crippen molar-refractivity contribution in [1.29, 1.82) is 0 Å². The first-order valence-electron chi connectivity index (χ1n) is 7.78. The van der Waals surface area contributed by atoms with E-state index in [2.05, 4.69) is 21.9 Å². The number of hydrogen-bond acceptors (Lipinski definition) is 4. The van der Waals surface area contributed by atoms with E-state index in [0.717, 1.165) is 0 Å². The second kappa shape index (κ2) is 7.69. The standard InChI is InChI=1S/C19H15F2N3O2/c1-2-3-15(13-8-9-22-17(21)10-13)23-11-16-18(26-19(25)24-16)12-4-6-14(20)7-5-12/h2-11,16,18H,1H2,(H,24,25)/b15-3-,23-11?/t16-,18-/m1/s1. The first-order chi connectivity index (χ1) is 12.6. The minimum atomic E-state index is -0.647. The second-order valence-electron chi connectivity index (χ2n) is 5.48. The molecular weight excluding hydrogens is 340 g/mol. The number of hydrogen-bond donors (Lipinski definition) is 1. The topological polar surface area (TPSA) is 63.6 Å². The predicted molar refractivity (Wildman–Crippen MR) is 93.4 cm³/mol. The lowest BCUT2D eigenvalue weighted by Gasteiger charge is -2.13. The lowest BCUT2D eigenvalue weighted by molar-refractivity contribution is 0.138. The summed E-state index contributed by atoms with van der Waals surface area (Å²) in [5.74, 6) is -1.01. The Hall–Kier alpha value is -3.35. The van der Waals surface area contributed by atoms with Crippen LogP contribution < -0.4 is 5.32 Å². The van der Waals surface area contributed by atoms with Crippen LogP contribution in [0.2, 0.25) is 0 Å². The number of ether oxygens (including phenoxy) is 1. The van der Waals surface area contributed by atoms with Gasteiger partial charge < -0.3 is 10.1 Å². The van der Waals surface area contributed by atoms with Gasteiger partial charge >= 0.3 is 6.09 Å². The van der Waals surface area contributed by atoms with Gasteiger partial charge in [-0.3, -0.25) is 4.99 Å². The Bertz CT molecular complexity index is 879. The van der Waals surface area contributed by atoms with Gasteiger partial charge in [-0.25, -0.2) is 14.2 Å². The van der Waals surface area contributed by atoms with Gasteiger partial charge in [0.2, 0.25) is 5.95 Å². The Morgan fingerprint density at radius 1 is 1.27 bits per heavy atom. The van der Waals surface area contributed by atoms with Crippen LogP contribution in [0.15, 0.2) is 66.3 Å². The monoisotopic (exact) mass is 355 g/mol. The summed E-state index contributed by atoms with van der Waals surface area (Å²) >= 11 is 0. The van der Waals surface area contributed by atoms with Crippen molar-refractivity contribution < 1.29 is 18.3 Å². The molecule has 1 aliphatic rings. The van der Waals surface area contributed by atoms with E-state index in [1.807, 2.05) is 0 Å². The molecule has 2 heterocycles. The van der Waals surface area contributed by atoms with E-state index < -0.39 is 24.2 Å². The van der Waals surface area contributed by atoms with Gasteiger partial charge in [0.15, 0.2) is 6.10 Å². The molecular formula is C19H15F2N3O2. The third-order valence-electron chi connectivity index (χ3n) is 3.72. The quantitative estimate of drug-likeness (QED) is 0.504. The van der Waals surface area contributed by atoms with Crippen molar-refractivity contribution in [2.75, 3.05) is 0 Å². The van der Waals surface area contributed by atoms with Crippen molar-refractivity contribution in [1.82, 2.24) is 10.3 Å². The minimum absolute atomic E-state index is 0.382. The molecule has 1 amide bonds. The number of cyclic esters (lactones) is 1. The van der Waals surface area contributed by atoms with Gasteiger partial charge in [-0.1, -0.05) is 24.8 Å². The highest BCUT2D eigenvalue weighted by molar-refractivity contribution is 5.83. The number of halogens is 2. The van der Waals surface area contributed by atoms with Crippen LogP contribution in [-0.2, 0) is 4.74 Å². The zero-order chi connectivity index (χ0) is 18.5. The van der Waals surface area contributed by atoms with Crippen LogP contribution >= 0.6 is 0 Å². The van der Waals surface area contributed by atoms with Crippen LogP contribution in [0.4, 0.5) is 13.6 Å². The predicted octanol–water partition coefficient (Wildman–Crippen LogP) is 3.81. The summed E-state index contributed by atoms with van der Waals surface area (Å²) in [6.45, 7) is 3.62. The van der Waals surface area contributed by atoms with Crippen LogP contribution in [0.5, 0.6) is 0 Å². The number of amides is 1. The molecule has 1 N–H and O–H groups in total. The van der Waals surface area contributed by atoms with Crippen molar-refractivity contribution in [3.05, 3.63) is 84.2 Å². The van der Waals surface area contributed by atoms with Gasteiger partial charge in [0.05, 0.1) is 5.70 Å². The highest BCUT2D eigenvalue weighted by Gasteiger charge is 2.34. The van der Waals surface area contributed by atoms with Gasteiger partial charge in [0, 0.05) is 24.0 Å². The molecule has 1 aromatic carbocycles. The van der Waals surface area contributed by atoms with Crippen molar-refractivity contribution in [3.8, 4) is 0 Å². The third kappa shape index (κ3) is 4.00. The average molecular weight is 355 g/mol. The van der Waals surface area contributed by atoms with Crippen molar-refractivity contribution in [3.63, 3.8) is 0 Å². The molecule has 3 rings (SSSR count). The zero-order valence-corrected chi connectivity index (χ0v) is 13.6. The molecule has 1 fully saturated rings. The molecule has 0 saturated carbocycles. The SMILES string of the molecule is C=C/C=C(\N=C[C@H]1NC(=O)O[C@@H]1c1ccc(F)cc1)c1ccnc(F)c1. The maximum atomic E-state index is 13.4. The van der Waals surface area contributed by atoms with E-state index in [4.69, 9.17) is 4.74 Å². The van der Waals surface area contributed by atoms with Crippen LogP contribution in [-0.4, -0.2) is 23.3 Å². The maximum absolute atomic E-state index is 13.4. The van der Waals surface area contributed by atoms with Gasteiger partial charge in [0.1, 0.15) is 11.9 Å². The number of allylic oxidation sites excluding steroid dienone is 2. The molecule has 132 valence electrons. The largest absolute Gasteiger partial charge is 0.439 e. The van der Waals surface area contributed by atoms with E-state index in [0.29, 0.717) is 16.8 Å². The summed E-state index contributed by atoms with van der Waals surface area (Å²) in [6, 6.07) is 7.95. The van der Waals surface area contributed by atoms with Crippen LogP contribution in [0.25, 0.3) is 5.70 Å². The summed E-state index contributed by atoms with van der Waals surface area (Å²) in [5, 5.41) is 2.63. The number of rotatable bonds is 5. The highest BCUT2D eigenvalue weighted by atomic mass is 19.1. The molecule has 2 aromatic rings. The van der Waals surface area contributed by atoms with Crippen molar-refractivity contribution in [2.24, 2.45) is 4.99 Å². The highest BCUT2D eigenvalue weighted by Crippen LogP contribution is 2.26.